The lowest BCUT2D eigenvalue weighted by atomic mass is 10.1. The molecule has 2 heterocycles. The average Bonchev–Trinajstić information content (AvgIpc) is 3.20. The molecule has 1 amide bonds. The molecule has 0 radical (unpaired) electrons. The fourth-order valence-corrected chi connectivity index (χ4v) is 3.54. The number of para-hydroxylation sites is 1. The third-order valence-corrected chi connectivity index (χ3v) is 5.12. The van der Waals surface area contributed by atoms with Crippen LogP contribution in [0.1, 0.15) is 22.8 Å². The summed E-state index contributed by atoms with van der Waals surface area (Å²) in [7, 11) is 0. The molecule has 8 nitrogen and oxygen atoms in total. The summed E-state index contributed by atoms with van der Waals surface area (Å²) in [6, 6.07) is 11.2. The van der Waals surface area contributed by atoms with Crippen molar-refractivity contribution in [3.63, 3.8) is 0 Å². The number of carbonyl (C=O) groups is 2. The van der Waals surface area contributed by atoms with Crippen LogP contribution in [0.4, 0.5) is 11.4 Å². The highest BCUT2D eigenvalue weighted by atomic mass is 16.7. The van der Waals surface area contributed by atoms with Gasteiger partial charge >= 0.3 is 0 Å². The SMILES string of the molecule is CC(=O)c1cc2c(cc1NC(=O)CNc1ccccc1CN1CCOCC1)OCO2. The van der Waals surface area contributed by atoms with Gasteiger partial charge in [-0.1, -0.05) is 18.2 Å². The number of benzene rings is 2. The highest BCUT2D eigenvalue weighted by Gasteiger charge is 2.20. The van der Waals surface area contributed by atoms with Crippen LogP contribution >= 0.6 is 0 Å². The molecule has 2 aromatic rings. The largest absolute Gasteiger partial charge is 0.454 e. The van der Waals surface area contributed by atoms with Crippen LogP contribution < -0.4 is 20.1 Å². The van der Waals surface area contributed by atoms with Crippen LogP contribution in [0, 0.1) is 0 Å². The number of carbonyl (C=O) groups excluding carboxylic acids is 2. The molecule has 0 atom stereocenters. The Morgan fingerprint density at radius 1 is 1.03 bits per heavy atom. The Labute approximate surface area is 175 Å². The molecule has 1 saturated heterocycles. The number of Topliss-reactive ketones (excluding diaryl/α,β-unsaturated/α-hetero) is 1. The molecule has 0 aromatic heterocycles. The molecule has 2 aromatic carbocycles. The maximum absolute atomic E-state index is 12.6. The number of fused-ring (bicyclic) bond motifs is 1. The van der Waals surface area contributed by atoms with Crippen molar-refractivity contribution >= 4 is 23.1 Å². The smallest absolute Gasteiger partial charge is 0.243 e. The minimum absolute atomic E-state index is 0.0753. The van der Waals surface area contributed by atoms with E-state index in [0.29, 0.717) is 22.7 Å². The second kappa shape index (κ2) is 9.15. The van der Waals surface area contributed by atoms with Gasteiger partial charge in [0.25, 0.3) is 0 Å². The summed E-state index contributed by atoms with van der Waals surface area (Å²) in [4.78, 5) is 26.9. The highest BCUT2D eigenvalue weighted by Crippen LogP contribution is 2.37. The lowest BCUT2D eigenvalue weighted by molar-refractivity contribution is -0.114. The predicted molar refractivity (Wildman–Crippen MR) is 112 cm³/mol. The summed E-state index contributed by atoms with van der Waals surface area (Å²) >= 11 is 0. The van der Waals surface area contributed by atoms with Crippen LogP contribution in [0.15, 0.2) is 36.4 Å². The molecule has 2 N–H and O–H groups in total. The van der Waals surface area contributed by atoms with E-state index >= 15 is 0 Å². The number of nitrogens with zero attached hydrogens (tertiary/aromatic N) is 1. The van der Waals surface area contributed by atoms with E-state index in [9.17, 15) is 9.59 Å². The molecule has 2 aliphatic heterocycles. The lowest BCUT2D eigenvalue weighted by Crippen LogP contribution is -2.35. The third-order valence-electron chi connectivity index (χ3n) is 5.12. The number of rotatable bonds is 7. The molecule has 4 rings (SSSR count). The maximum atomic E-state index is 12.6. The predicted octanol–water partition coefficient (Wildman–Crippen LogP) is 2.50. The van der Waals surface area contributed by atoms with Gasteiger partial charge in [-0.05, 0) is 24.6 Å². The number of nitrogens with one attached hydrogen (secondary N) is 2. The number of anilines is 2. The molecule has 0 bridgehead atoms. The van der Waals surface area contributed by atoms with Crippen molar-refractivity contribution in [3.05, 3.63) is 47.5 Å². The van der Waals surface area contributed by atoms with Crippen molar-refractivity contribution in [2.45, 2.75) is 13.5 Å². The minimum Gasteiger partial charge on any atom is -0.454 e. The zero-order chi connectivity index (χ0) is 20.9. The van der Waals surface area contributed by atoms with Crippen LogP contribution in [-0.4, -0.2) is 56.2 Å². The number of morpholine rings is 1. The van der Waals surface area contributed by atoms with E-state index in [-0.39, 0.29) is 25.0 Å². The highest BCUT2D eigenvalue weighted by molar-refractivity contribution is 6.05. The first-order valence-electron chi connectivity index (χ1n) is 9.96. The average molecular weight is 411 g/mol. The quantitative estimate of drug-likeness (QED) is 0.677. The van der Waals surface area contributed by atoms with Gasteiger partial charge in [0.2, 0.25) is 12.7 Å². The standard InChI is InChI=1S/C22H25N3O5/c1-15(26)17-10-20-21(30-14-29-20)11-19(17)24-22(27)12-23-18-5-3-2-4-16(18)13-25-6-8-28-9-7-25/h2-5,10-11,23H,6-9,12-14H2,1H3,(H,24,27). The fourth-order valence-electron chi connectivity index (χ4n) is 3.54. The summed E-state index contributed by atoms with van der Waals surface area (Å²) < 4.78 is 16.1. The van der Waals surface area contributed by atoms with E-state index in [0.717, 1.165) is 44.1 Å². The molecule has 0 saturated carbocycles. The van der Waals surface area contributed by atoms with E-state index in [1.807, 2.05) is 18.2 Å². The first-order chi connectivity index (χ1) is 14.6. The van der Waals surface area contributed by atoms with E-state index in [4.69, 9.17) is 14.2 Å². The third kappa shape index (κ3) is 4.72. The van der Waals surface area contributed by atoms with E-state index < -0.39 is 0 Å². The Morgan fingerprint density at radius 2 is 1.77 bits per heavy atom. The number of hydrogen-bond acceptors (Lipinski definition) is 7. The molecule has 1 fully saturated rings. The molecule has 158 valence electrons. The van der Waals surface area contributed by atoms with Gasteiger partial charge < -0.3 is 24.8 Å². The summed E-state index contributed by atoms with van der Waals surface area (Å²) in [6.45, 7) is 5.70. The Morgan fingerprint density at radius 3 is 2.53 bits per heavy atom. The summed E-state index contributed by atoms with van der Waals surface area (Å²) in [5, 5.41) is 6.02. The van der Waals surface area contributed by atoms with Crippen LogP contribution in [-0.2, 0) is 16.1 Å². The zero-order valence-electron chi connectivity index (χ0n) is 16.9. The van der Waals surface area contributed by atoms with Crippen molar-refractivity contribution in [3.8, 4) is 11.5 Å². The monoisotopic (exact) mass is 411 g/mol. The number of ether oxygens (including phenoxy) is 3. The van der Waals surface area contributed by atoms with Gasteiger partial charge in [-0.2, -0.15) is 0 Å². The van der Waals surface area contributed by atoms with Gasteiger partial charge in [0.05, 0.1) is 25.4 Å². The van der Waals surface area contributed by atoms with Crippen molar-refractivity contribution in [2.24, 2.45) is 0 Å². The number of ketones is 1. The van der Waals surface area contributed by atoms with Crippen molar-refractivity contribution < 1.29 is 23.8 Å². The second-order valence-corrected chi connectivity index (χ2v) is 7.25. The summed E-state index contributed by atoms with van der Waals surface area (Å²) in [6.07, 6.45) is 0. The van der Waals surface area contributed by atoms with Gasteiger partial charge in [-0.15, -0.1) is 0 Å². The van der Waals surface area contributed by atoms with Crippen molar-refractivity contribution in [2.75, 3.05) is 50.3 Å². The Bertz CT molecular complexity index is 940. The van der Waals surface area contributed by atoms with Crippen LogP contribution in [0.5, 0.6) is 11.5 Å². The van der Waals surface area contributed by atoms with Gasteiger partial charge in [0, 0.05) is 37.0 Å². The van der Waals surface area contributed by atoms with E-state index in [1.54, 1.807) is 12.1 Å². The second-order valence-electron chi connectivity index (χ2n) is 7.25. The van der Waals surface area contributed by atoms with E-state index in [1.165, 1.54) is 6.92 Å². The van der Waals surface area contributed by atoms with Crippen LogP contribution in [0.2, 0.25) is 0 Å². The first kappa shape index (κ1) is 20.2. The van der Waals surface area contributed by atoms with Crippen molar-refractivity contribution in [1.29, 1.82) is 0 Å². The van der Waals surface area contributed by atoms with Gasteiger partial charge in [-0.3, -0.25) is 14.5 Å². The Hall–Kier alpha value is -3.10. The molecule has 0 aliphatic carbocycles. The molecule has 8 heteroatoms. The first-order valence-corrected chi connectivity index (χ1v) is 9.96. The van der Waals surface area contributed by atoms with Gasteiger partial charge in [0.1, 0.15) is 0 Å². The maximum Gasteiger partial charge on any atom is 0.243 e. The fraction of sp³-hybridized carbons (Fsp3) is 0.364. The molecule has 0 spiro atoms. The topological polar surface area (TPSA) is 89.1 Å². The minimum atomic E-state index is -0.252. The normalized spacial score (nSPS) is 15.6. The zero-order valence-corrected chi connectivity index (χ0v) is 16.9. The van der Waals surface area contributed by atoms with Crippen LogP contribution in [0.25, 0.3) is 0 Å². The summed E-state index contributed by atoms with van der Waals surface area (Å²) in [5.41, 5.74) is 2.84. The Kier molecular flexibility index (Phi) is 6.15. The van der Waals surface area contributed by atoms with Crippen LogP contribution in [0.3, 0.4) is 0 Å². The molecule has 2 aliphatic rings. The molecular weight excluding hydrogens is 386 g/mol. The van der Waals surface area contributed by atoms with Crippen molar-refractivity contribution in [1.82, 2.24) is 4.90 Å². The number of hydrogen-bond donors (Lipinski definition) is 2. The molecule has 30 heavy (non-hydrogen) atoms. The number of amides is 1. The van der Waals surface area contributed by atoms with Gasteiger partial charge in [0.15, 0.2) is 17.3 Å². The van der Waals surface area contributed by atoms with E-state index in [2.05, 4.69) is 21.6 Å². The molecule has 0 unspecified atom stereocenters. The van der Waals surface area contributed by atoms with Gasteiger partial charge in [-0.25, -0.2) is 0 Å². The summed E-state index contributed by atoms with van der Waals surface area (Å²) in [5.74, 6) is 0.609. The molecular formula is C22H25N3O5. The Balaban J connectivity index is 1.41. The lowest BCUT2D eigenvalue weighted by Gasteiger charge is -2.27.